The summed E-state index contributed by atoms with van der Waals surface area (Å²) < 4.78 is 5.32. The van der Waals surface area contributed by atoms with E-state index in [1.807, 2.05) is 29.2 Å². The van der Waals surface area contributed by atoms with Crippen LogP contribution in [0.15, 0.2) is 42.5 Å². The molecule has 0 aliphatic carbocycles. The van der Waals surface area contributed by atoms with Crippen LogP contribution >= 0.6 is 0 Å². The number of phenolic OH excluding ortho intramolecular Hbond substituents is 1. The minimum absolute atomic E-state index is 0.00114. The number of rotatable bonds is 3. The summed E-state index contributed by atoms with van der Waals surface area (Å²) in [5.41, 5.74) is 2.07. The van der Waals surface area contributed by atoms with Crippen LogP contribution in [0, 0.1) is 0 Å². The first-order valence-electron chi connectivity index (χ1n) is 15.2. The molecular formula is C33H44N4O6. The Morgan fingerprint density at radius 1 is 0.907 bits per heavy atom. The molecule has 0 fully saturated rings. The predicted octanol–water partition coefficient (Wildman–Crippen LogP) is 3.39. The largest absolute Gasteiger partial charge is 0.508 e. The molecule has 10 heteroatoms. The van der Waals surface area contributed by atoms with E-state index in [2.05, 4.69) is 5.32 Å². The number of hydrogen-bond acceptors (Lipinski definition) is 6. The molecule has 4 rings (SSSR count). The van der Waals surface area contributed by atoms with E-state index < -0.39 is 12.0 Å². The van der Waals surface area contributed by atoms with Crippen LogP contribution in [0.2, 0.25) is 0 Å². The molecule has 232 valence electrons. The van der Waals surface area contributed by atoms with Crippen molar-refractivity contribution < 1.29 is 29.0 Å². The molecule has 2 aliphatic heterocycles. The molecule has 2 N–H and O–H groups in total. The second-order valence-corrected chi connectivity index (χ2v) is 11.5. The Kier molecular flexibility index (Phi) is 11.0. The van der Waals surface area contributed by atoms with E-state index in [4.69, 9.17) is 4.74 Å². The maximum Gasteiger partial charge on any atom is 0.230 e. The van der Waals surface area contributed by atoms with Gasteiger partial charge in [0.2, 0.25) is 23.6 Å². The van der Waals surface area contributed by atoms with E-state index >= 15 is 0 Å². The first-order valence-corrected chi connectivity index (χ1v) is 15.2. The number of carbonyl (C=O) groups is 4. The monoisotopic (exact) mass is 592 g/mol. The number of fused-ring (bicyclic) bond motifs is 2. The molecule has 2 atom stereocenters. The van der Waals surface area contributed by atoms with Crippen molar-refractivity contribution in [2.75, 3.05) is 46.4 Å². The van der Waals surface area contributed by atoms with Crippen LogP contribution in [-0.4, -0.2) is 89.8 Å². The summed E-state index contributed by atoms with van der Waals surface area (Å²) in [6.45, 7) is 5.79. The molecule has 0 aromatic heterocycles. The molecular weight excluding hydrogens is 548 g/mol. The van der Waals surface area contributed by atoms with Gasteiger partial charge < -0.3 is 29.9 Å². The molecule has 2 unspecified atom stereocenters. The Balaban J connectivity index is 1.85. The predicted molar refractivity (Wildman–Crippen MR) is 163 cm³/mol. The van der Waals surface area contributed by atoms with E-state index in [9.17, 15) is 24.3 Å². The van der Waals surface area contributed by atoms with Gasteiger partial charge in [0.15, 0.2) is 0 Å². The molecule has 4 amide bonds. The second kappa shape index (κ2) is 14.9. The molecule has 2 aliphatic rings. The average Bonchev–Trinajstić information content (AvgIpc) is 2.99. The highest BCUT2D eigenvalue weighted by atomic mass is 16.5. The number of amides is 4. The number of hydrogen-bond donors (Lipinski definition) is 2. The molecule has 0 radical (unpaired) electrons. The van der Waals surface area contributed by atoms with Gasteiger partial charge >= 0.3 is 0 Å². The van der Waals surface area contributed by atoms with Gasteiger partial charge in [0, 0.05) is 58.7 Å². The Morgan fingerprint density at radius 2 is 1.60 bits per heavy atom. The zero-order valence-electron chi connectivity index (χ0n) is 25.5. The van der Waals surface area contributed by atoms with E-state index in [0.29, 0.717) is 81.8 Å². The van der Waals surface area contributed by atoms with Gasteiger partial charge in [-0.15, -0.1) is 0 Å². The lowest BCUT2D eigenvalue weighted by Gasteiger charge is -2.33. The highest BCUT2D eigenvalue weighted by Gasteiger charge is 2.32. The first kappa shape index (κ1) is 31.8. The number of aromatic hydroxyl groups is 1. The van der Waals surface area contributed by atoms with Crippen LogP contribution in [0.4, 0.5) is 0 Å². The number of nitrogens with one attached hydrogen (secondary N) is 1. The Bertz CT molecular complexity index is 1300. The van der Waals surface area contributed by atoms with Crippen molar-refractivity contribution in [1.82, 2.24) is 20.0 Å². The fourth-order valence-electron chi connectivity index (χ4n) is 6.09. The molecule has 0 saturated heterocycles. The molecule has 2 aromatic rings. The van der Waals surface area contributed by atoms with Crippen LogP contribution in [0.3, 0.4) is 0 Å². The number of benzene rings is 2. The summed E-state index contributed by atoms with van der Waals surface area (Å²) in [4.78, 5) is 58.3. The summed E-state index contributed by atoms with van der Waals surface area (Å²) in [6.07, 6.45) is 2.95. The minimum atomic E-state index is -0.689. The van der Waals surface area contributed by atoms with Crippen molar-refractivity contribution >= 4 is 23.6 Å². The summed E-state index contributed by atoms with van der Waals surface area (Å²) in [5, 5.41) is 14.1. The van der Waals surface area contributed by atoms with Gasteiger partial charge in [0.05, 0.1) is 25.5 Å². The van der Waals surface area contributed by atoms with E-state index in [1.165, 1.54) is 6.92 Å². The van der Waals surface area contributed by atoms with Gasteiger partial charge in [0.1, 0.15) is 11.5 Å². The lowest BCUT2D eigenvalue weighted by atomic mass is 9.87. The maximum absolute atomic E-state index is 14.4. The summed E-state index contributed by atoms with van der Waals surface area (Å²) >= 11 is 0. The molecule has 10 nitrogen and oxygen atoms in total. The Morgan fingerprint density at radius 3 is 2.30 bits per heavy atom. The van der Waals surface area contributed by atoms with E-state index in [1.54, 1.807) is 42.0 Å². The molecule has 2 heterocycles. The number of nitrogens with zero attached hydrogens (tertiary/aromatic N) is 3. The highest BCUT2D eigenvalue weighted by molar-refractivity contribution is 5.85. The third-order valence-corrected chi connectivity index (χ3v) is 8.49. The van der Waals surface area contributed by atoms with Crippen molar-refractivity contribution in [1.29, 1.82) is 0 Å². The lowest BCUT2D eigenvalue weighted by molar-refractivity contribution is -0.134. The van der Waals surface area contributed by atoms with Gasteiger partial charge in [-0.1, -0.05) is 18.2 Å². The van der Waals surface area contributed by atoms with Crippen molar-refractivity contribution in [2.24, 2.45) is 0 Å². The second-order valence-electron chi connectivity index (χ2n) is 11.5. The molecule has 0 saturated carbocycles. The van der Waals surface area contributed by atoms with E-state index in [-0.39, 0.29) is 35.8 Å². The quantitative estimate of drug-likeness (QED) is 0.564. The molecule has 4 bridgehead atoms. The van der Waals surface area contributed by atoms with Gasteiger partial charge in [-0.05, 0) is 67.5 Å². The zero-order valence-corrected chi connectivity index (χ0v) is 25.5. The zero-order chi connectivity index (χ0) is 30.9. The minimum Gasteiger partial charge on any atom is -0.508 e. The van der Waals surface area contributed by atoms with Crippen LogP contribution in [0.1, 0.15) is 74.6 Å². The van der Waals surface area contributed by atoms with Crippen molar-refractivity contribution in [3.05, 3.63) is 59.2 Å². The number of phenols is 1. The Labute approximate surface area is 254 Å². The Hall–Kier alpha value is -4.08. The van der Waals surface area contributed by atoms with Crippen molar-refractivity contribution in [3.63, 3.8) is 0 Å². The smallest absolute Gasteiger partial charge is 0.230 e. The molecule has 0 spiro atoms. The molecule has 43 heavy (non-hydrogen) atoms. The summed E-state index contributed by atoms with van der Waals surface area (Å²) in [5.74, 6) is -0.491. The van der Waals surface area contributed by atoms with Crippen molar-refractivity contribution in [2.45, 2.75) is 64.3 Å². The average molecular weight is 593 g/mol. The topological polar surface area (TPSA) is 119 Å². The lowest BCUT2D eigenvalue weighted by Crippen LogP contribution is -2.39. The van der Waals surface area contributed by atoms with Gasteiger partial charge in [-0.2, -0.15) is 0 Å². The van der Waals surface area contributed by atoms with Crippen molar-refractivity contribution in [3.8, 4) is 11.5 Å². The van der Waals surface area contributed by atoms with Gasteiger partial charge in [-0.25, -0.2) is 0 Å². The fraction of sp³-hybridized carbons (Fsp3) is 0.515. The normalized spacial score (nSPS) is 20.9. The van der Waals surface area contributed by atoms with Crippen LogP contribution in [0.25, 0.3) is 0 Å². The molecule has 2 aromatic carbocycles. The first-order chi connectivity index (χ1) is 20.7. The van der Waals surface area contributed by atoms with Crippen LogP contribution in [0.5, 0.6) is 11.5 Å². The maximum atomic E-state index is 14.4. The van der Waals surface area contributed by atoms with E-state index in [0.717, 1.165) is 12.0 Å². The number of methoxy groups -OCH3 is 1. The fourth-order valence-corrected chi connectivity index (χ4v) is 6.09. The highest BCUT2D eigenvalue weighted by Crippen LogP contribution is 2.36. The van der Waals surface area contributed by atoms with Crippen LogP contribution < -0.4 is 10.1 Å². The summed E-state index contributed by atoms with van der Waals surface area (Å²) in [7, 11) is 1.60. The third kappa shape index (κ3) is 8.27. The summed E-state index contributed by atoms with van der Waals surface area (Å²) in [6, 6.07) is 12.0. The third-order valence-electron chi connectivity index (χ3n) is 8.49. The van der Waals surface area contributed by atoms with Crippen LogP contribution in [-0.2, 0) is 25.6 Å². The SMILES string of the molecule is COc1ccc(CC2C(=O)N3CCCCN(C(C)=O)CCCN(C(C)=O)C(CC(=O)NCCC3)c3ccc(O)c2c3)cc1. The number of carbonyl (C=O) groups excluding carboxylic acids is 4. The standard InChI is InChI=1S/C33H44N4O6/c1-23(38)35-15-4-5-16-36-17-6-14-34-32(41)22-30(37(24(2)39)19-7-18-35)26-10-13-31(40)28(21-26)29(33(36)42)20-25-8-11-27(43-3)12-9-25/h8-13,21,29-30,40H,4-7,14-20,22H2,1-3H3,(H,34,41). The van der Waals surface area contributed by atoms with Gasteiger partial charge in [-0.3, -0.25) is 19.2 Å². The number of ether oxygens (including phenoxy) is 1. The van der Waals surface area contributed by atoms with Gasteiger partial charge in [0.25, 0.3) is 0 Å².